The maximum atomic E-state index is 11.4. The molecule has 41 heavy (non-hydrogen) atoms. The molecule has 2 aromatic carbocycles. The Kier molecular flexibility index (Phi) is 10.00. The number of benzene rings is 2. The van der Waals surface area contributed by atoms with Gasteiger partial charge in [-0.15, -0.1) is 5.92 Å². The number of aryl methyl sites for hydroxylation is 2. The molecule has 218 valence electrons. The summed E-state index contributed by atoms with van der Waals surface area (Å²) in [7, 11) is -8.13. The van der Waals surface area contributed by atoms with Crippen LogP contribution >= 0.6 is 23.1 Å². The van der Waals surface area contributed by atoms with Crippen LogP contribution in [0.3, 0.4) is 0 Å². The molecule has 0 saturated heterocycles. The lowest BCUT2D eigenvalue weighted by atomic mass is 10.1. The van der Waals surface area contributed by atoms with E-state index in [0.29, 0.717) is 13.1 Å². The third-order valence-electron chi connectivity index (χ3n) is 6.48. The lowest BCUT2D eigenvalue weighted by molar-refractivity contribution is -0.668. The molecule has 0 fully saturated rings. The summed E-state index contributed by atoms with van der Waals surface area (Å²) in [5.74, 6) is 5.36. The molecule has 0 saturated carbocycles. The van der Waals surface area contributed by atoms with Gasteiger partial charge in [-0.05, 0) is 68.2 Å². The molecule has 0 bridgehead atoms. The smallest absolute Gasteiger partial charge is 0.265 e. The minimum atomic E-state index is -4.07. The summed E-state index contributed by atoms with van der Waals surface area (Å²) in [6.07, 6.45) is 5.47. The van der Waals surface area contributed by atoms with Crippen LogP contribution in [0.25, 0.3) is 16.3 Å². The van der Waals surface area contributed by atoms with Gasteiger partial charge in [0.1, 0.15) is 4.70 Å². The standard InChI is InChI=1S/C29H32N2O6S4/c1-4-8-23-10-12-27-25(18-23)31(14-7-16-41(35,36)37)29(39-27)20-22(5-2)19-28-30(13-6-15-40(32,33)34)24-17-21(3)9-11-26(24)38-28/h9-12,17-20H,5-7,13-16H2,1-3H3,(H-,32,33,34,35,36,37)/p+1. The summed E-state index contributed by atoms with van der Waals surface area (Å²) in [6.45, 7) is 6.70. The molecule has 0 aliphatic carbocycles. The number of rotatable bonds is 11. The van der Waals surface area contributed by atoms with Gasteiger partial charge in [-0.3, -0.25) is 9.11 Å². The van der Waals surface area contributed by atoms with Crippen molar-refractivity contribution in [1.29, 1.82) is 0 Å². The Balaban J connectivity index is 1.74. The van der Waals surface area contributed by atoms with Gasteiger partial charge in [-0.1, -0.05) is 42.0 Å². The Bertz CT molecular complexity index is 1800. The molecule has 0 unspecified atom stereocenters. The zero-order chi connectivity index (χ0) is 29.8. The SMILES string of the molecule is CC#Cc1ccc2sc(C=C(C=C3Sc4ccc(C)cc4N3CCCS(=O)(=O)O)CC)[n+](CCCS(=O)(=O)O)c2c1. The Morgan fingerprint density at radius 2 is 1.78 bits per heavy atom. The van der Waals surface area contributed by atoms with Gasteiger partial charge in [0, 0.05) is 35.6 Å². The molecular formula is C29H33N2O6S4+. The molecule has 8 nitrogen and oxygen atoms in total. The number of hydrogen-bond acceptors (Lipinski definition) is 7. The Morgan fingerprint density at radius 3 is 2.46 bits per heavy atom. The van der Waals surface area contributed by atoms with E-state index in [1.54, 1.807) is 30.0 Å². The number of anilines is 1. The zero-order valence-electron chi connectivity index (χ0n) is 23.1. The molecule has 1 aliphatic heterocycles. The van der Waals surface area contributed by atoms with Crippen molar-refractivity contribution >= 4 is 65.3 Å². The molecule has 2 heterocycles. The summed E-state index contributed by atoms with van der Waals surface area (Å²) in [5, 5.41) is 1.91. The lowest BCUT2D eigenvalue weighted by Gasteiger charge is -2.21. The van der Waals surface area contributed by atoms with Crippen LogP contribution in [-0.4, -0.2) is 44.0 Å². The van der Waals surface area contributed by atoms with Crippen LogP contribution in [-0.2, 0) is 26.8 Å². The maximum absolute atomic E-state index is 11.4. The van der Waals surface area contributed by atoms with E-state index in [1.165, 1.54) is 0 Å². The first-order valence-electron chi connectivity index (χ1n) is 13.1. The Labute approximate surface area is 250 Å². The molecule has 2 N–H and O–H groups in total. The summed E-state index contributed by atoms with van der Waals surface area (Å²) >= 11 is 3.22. The minimum absolute atomic E-state index is 0.258. The van der Waals surface area contributed by atoms with Gasteiger partial charge in [0.2, 0.25) is 5.52 Å². The molecule has 1 aliphatic rings. The summed E-state index contributed by atoms with van der Waals surface area (Å²) in [4.78, 5) is 3.18. The first-order chi connectivity index (χ1) is 19.4. The molecule has 0 radical (unpaired) electrons. The second-order valence-corrected chi connectivity index (χ2v) is 15.0. The quantitative estimate of drug-likeness (QED) is 0.158. The van der Waals surface area contributed by atoms with Gasteiger partial charge in [0.15, 0.2) is 6.54 Å². The topological polar surface area (TPSA) is 116 Å². The van der Waals surface area contributed by atoms with Gasteiger partial charge in [-0.2, -0.15) is 21.4 Å². The van der Waals surface area contributed by atoms with Gasteiger partial charge >= 0.3 is 0 Å². The highest BCUT2D eigenvalue weighted by atomic mass is 32.2. The van der Waals surface area contributed by atoms with Crippen molar-refractivity contribution in [1.82, 2.24) is 0 Å². The number of aromatic nitrogens is 1. The van der Waals surface area contributed by atoms with Crippen LogP contribution < -0.4 is 9.47 Å². The second kappa shape index (κ2) is 13.1. The van der Waals surface area contributed by atoms with Crippen molar-refractivity contribution in [2.45, 2.75) is 51.5 Å². The highest BCUT2D eigenvalue weighted by molar-refractivity contribution is 8.03. The second-order valence-electron chi connectivity index (χ2n) is 9.71. The fourth-order valence-electron chi connectivity index (χ4n) is 4.58. The highest BCUT2D eigenvalue weighted by Crippen LogP contribution is 2.47. The van der Waals surface area contributed by atoms with Gasteiger partial charge in [-0.25, -0.2) is 0 Å². The summed E-state index contributed by atoms with van der Waals surface area (Å²) in [5.41, 5.74) is 4.97. The molecule has 4 rings (SSSR count). The van der Waals surface area contributed by atoms with E-state index in [0.717, 1.165) is 54.0 Å². The van der Waals surface area contributed by atoms with E-state index in [-0.39, 0.29) is 24.3 Å². The maximum Gasteiger partial charge on any atom is 0.265 e. The largest absolute Gasteiger partial charge is 0.335 e. The van der Waals surface area contributed by atoms with E-state index in [9.17, 15) is 25.9 Å². The van der Waals surface area contributed by atoms with Gasteiger partial charge < -0.3 is 4.90 Å². The van der Waals surface area contributed by atoms with Crippen LogP contribution in [0.1, 0.15) is 49.2 Å². The molecule has 12 heteroatoms. The van der Waals surface area contributed by atoms with Crippen LogP contribution in [0.5, 0.6) is 0 Å². The van der Waals surface area contributed by atoms with Gasteiger partial charge in [0.05, 0.1) is 22.2 Å². The zero-order valence-corrected chi connectivity index (χ0v) is 26.4. The molecule has 0 spiro atoms. The van der Waals surface area contributed by atoms with Crippen LogP contribution in [0.4, 0.5) is 5.69 Å². The van der Waals surface area contributed by atoms with Crippen LogP contribution in [0, 0.1) is 18.8 Å². The number of hydrogen-bond donors (Lipinski definition) is 2. The van der Waals surface area contributed by atoms with Crippen LogP contribution in [0.2, 0.25) is 0 Å². The monoisotopic (exact) mass is 633 g/mol. The molecular weight excluding hydrogens is 601 g/mol. The van der Waals surface area contributed by atoms with Crippen LogP contribution in [0.15, 0.2) is 58.0 Å². The Hall–Kier alpha value is -2.66. The predicted octanol–water partition coefficient (Wildman–Crippen LogP) is 5.67. The lowest BCUT2D eigenvalue weighted by Crippen LogP contribution is -2.36. The molecule has 1 aromatic heterocycles. The third-order valence-corrected chi connectivity index (χ3v) is 10.3. The van der Waals surface area contributed by atoms with Crippen molar-refractivity contribution in [3.05, 3.63) is 69.2 Å². The highest BCUT2D eigenvalue weighted by Gasteiger charge is 2.26. The minimum Gasteiger partial charge on any atom is -0.335 e. The summed E-state index contributed by atoms with van der Waals surface area (Å²) < 4.78 is 67.2. The third kappa shape index (κ3) is 8.44. The van der Waals surface area contributed by atoms with E-state index >= 15 is 0 Å². The van der Waals surface area contributed by atoms with Crippen molar-refractivity contribution in [3.63, 3.8) is 0 Å². The average Bonchev–Trinajstić information content (AvgIpc) is 3.39. The number of allylic oxidation sites excluding steroid dienone is 2. The normalized spacial score (nSPS) is 14.9. The number of thiazole rings is 1. The fourth-order valence-corrected chi connectivity index (χ4v) is 7.86. The predicted molar refractivity (Wildman–Crippen MR) is 167 cm³/mol. The summed E-state index contributed by atoms with van der Waals surface area (Å²) in [6, 6.07) is 12.2. The first-order valence-corrected chi connectivity index (χ1v) is 18.0. The first kappa shape index (κ1) is 31.3. The van der Waals surface area contributed by atoms with E-state index in [4.69, 9.17) is 0 Å². The van der Waals surface area contributed by atoms with Crippen molar-refractivity contribution < 1.29 is 30.5 Å². The van der Waals surface area contributed by atoms with Crippen molar-refractivity contribution in [2.24, 2.45) is 0 Å². The van der Waals surface area contributed by atoms with Gasteiger partial charge in [0.25, 0.3) is 25.2 Å². The number of fused-ring (bicyclic) bond motifs is 2. The van der Waals surface area contributed by atoms with E-state index in [1.807, 2.05) is 31.2 Å². The average molecular weight is 634 g/mol. The number of thioether (sulfide) groups is 1. The Morgan fingerprint density at radius 1 is 1.05 bits per heavy atom. The fraction of sp³-hybridized carbons (Fsp3) is 0.345. The molecule has 0 atom stereocenters. The molecule has 3 aromatic rings. The van der Waals surface area contributed by atoms with E-state index < -0.39 is 20.2 Å². The van der Waals surface area contributed by atoms with Crippen molar-refractivity contribution in [3.8, 4) is 11.8 Å². The van der Waals surface area contributed by atoms with E-state index in [2.05, 4.69) is 52.5 Å². The van der Waals surface area contributed by atoms with Crippen molar-refractivity contribution in [2.75, 3.05) is 23.0 Å². The molecule has 0 amide bonds. The number of nitrogens with zero attached hydrogens (tertiary/aromatic N) is 2.